The number of rotatable bonds is 5. The quantitative estimate of drug-likeness (QED) is 0.188. The van der Waals surface area contributed by atoms with Gasteiger partial charge in [-0.1, -0.05) is 103 Å². The fourth-order valence-electron chi connectivity index (χ4n) is 7.16. The van der Waals surface area contributed by atoms with Crippen LogP contribution in [-0.4, -0.2) is 23.0 Å². The molecule has 0 aromatic heterocycles. The van der Waals surface area contributed by atoms with Crippen LogP contribution in [0.15, 0.2) is 120 Å². The second-order valence-electron chi connectivity index (χ2n) is 11.0. The van der Waals surface area contributed by atoms with Crippen LogP contribution in [0.3, 0.4) is 0 Å². The van der Waals surface area contributed by atoms with Crippen LogP contribution in [0.5, 0.6) is 5.75 Å². The molecule has 2 amide bonds. The monoisotopic (exact) mass is 534 g/mol. The summed E-state index contributed by atoms with van der Waals surface area (Å²) < 4.78 is 6.13. The Bertz CT molecular complexity index is 1770. The number of ether oxygens (including phenoxy) is 1. The summed E-state index contributed by atoms with van der Waals surface area (Å²) in [6.07, 6.45) is 1.58. The van der Waals surface area contributed by atoms with E-state index in [4.69, 9.17) is 4.74 Å². The van der Waals surface area contributed by atoms with Crippen LogP contribution in [0.1, 0.15) is 45.2 Å². The van der Waals surface area contributed by atoms with Gasteiger partial charge in [0.1, 0.15) is 12.4 Å². The summed E-state index contributed by atoms with van der Waals surface area (Å²) >= 11 is 0. The summed E-state index contributed by atoms with van der Waals surface area (Å²) in [4.78, 5) is 27.6. The molecule has 5 aromatic carbocycles. The maximum Gasteiger partial charge on any atom is 0.254 e. The molecule has 198 valence electrons. The van der Waals surface area contributed by atoms with Gasteiger partial charge in [-0.2, -0.15) is 10.1 Å². The Kier molecular flexibility index (Phi) is 5.39. The van der Waals surface area contributed by atoms with Crippen molar-refractivity contribution in [2.24, 2.45) is 16.9 Å². The van der Waals surface area contributed by atoms with Crippen molar-refractivity contribution in [1.82, 2.24) is 5.01 Å². The fraction of sp³-hybridized carbons (Fsp3) is 0.139. The normalized spacial score (nSPS) is 22.2. The van der Waals surface area contributed by atoms with Crippen LogP contribution in [0.4, 0.5) is 0 Å². The molecule has 0 N–H and O–H groups in total. The van der Waals surface area contributed by atoms with Crippen LogP contribution >= 0.6 is 0 Å². The van der Waals surface area contributed by atoms with Crippen molar-refractivity contribution in [3.05, 3.63) is 149 Å². The lowest BCUT2D eigenvalue weighted by molar-refractivity contribution is -0.139. The molecule has 2 bridgehead atoms. The molecule has 9 rings (SSSR count). The minimum Gasteiger partial charge on any atom is -0.489 e. The smallest absolute Gasteiger partial charge is 0.254 e. The second-order valence-corrected chi connectivity index (χ2v) is 11.0. The lowest BCUT2D eigenvalue weighted by Crippen LogP contribution is -2.41. The lowest BCUT2D eigenvalue weighted by Gasteiger charge is -2.45. The zero-order chi connectivity index (χ0) is 27.5. The number of imide groups is 1. The van der Waals surface area contributed by atoms with E-state index < -0.39 is 11.8 Å². The zero-order valence-electron chi connectivity index (χ0n) is 22.2. The van der Waals surface area contributed by atoms with Gasteiger partial charge in [-0.25, -0.2) is 0 Å². The molecule has 41 heavy (non-hydrogen) atoms. The molecule has 0 radical (unpaired) electrons. The Hall–Kier alpha value is -5.03. The first-order chi connectivity index (χ1) is 20.2. The van der Waals surface area contributed by atoms with E-state index in [0.717, 1.165) is 38.4 Å². The van der Waals surface area contributed by atoms with E-state index in [2.05, 4.69) is 53.6 Å². The molecule has 0 spiro atoms. The number of hydrogen-bond donors (Lipinski definition) is 0. The molecule has 0 unspecified atom stereocenters. The van der Waals surface area contributed by atoms with Gasteiger partial charge in [0.15, 0.2) is 0 Å². The van der Waals surface area contributed by atoms with Gasteiger partial charge >= 0.3 is 0 Å². The molecule has 5 aromatic rings. The van der Waals surface area contributed by atoms with Gasteiger partial charge in [-0.3, -0.25) is 9.59 Å². The summed E-state index contributed by atoms with van der Waals surface area (Å²) in [5.74, 6) is -0.912. The van der Waals surface area contributed by atoms with Gasteiger partial charge in [0.05, 0.1) is 18.1 Å². The molecule has 1 fully saturated rings. The molecule has 0 saturated carbocycles. The maximum absolute atomic E-state index is 13.8. The predicted molar refractivity (Wildman–Crippen MR) is 158 cm³/mol. The highest BCUT2D eigenvalue weighted by molar-refractivity contribution is 6.08. The SMILES string of the molecule is O=C1[C@H]2C3c4ccccc4C(c4ccccc43)[C@@H]2C(=O)N1/N=C\c1cccc(OCc2cccc3ccccc23)c1. The highest BCUT2D eigenvalue weighted by Gasteiger charge is 2.61. The Balaban J connectivity index is 1.06. The highest BCUT2D eigenvalue weighted by atomic mass is 16.5. The van der Waals surface area contributed by atoms with E-state index in [1.807, 2.05) is 66.7 Å². The van der Waals surface area contributed by atoms with Crippen LogP contribution in [0.25, 0.3) is 10.8 Å². The van der Waals surface area contributed by atoms with Gasteiger partial charge < -0.3 is 4.74 Å². The van der Waals surface area contributed by atoms with E-state index in [1.165, 1.54) is 10.8 Å². The van der Waals surface area contributed by atoms with Crippen LogP contribution in [-0.2, 0) is 16.2 Å². The van der Waals surface area contributed by atoms with Crippen LogP contribution in [0, 0.1) is 11.8 Å². The van der Waals surface area contributed by atoms with Gasteiger partial charge in [0, 0.05) is 11.8 Å². The number of amides is 2. The number of fused-ring (bicyclic) bond motifs is 1. The fourth-order valence-corrected chi connectivity index (χ4v) is 7.16. The van der Waals surface area contributed by atoms with Gasteiger partial charge in [-0.05, 0) is 56.3 Å². The second kappa shape index (κ2) is 9.27. The number of benzene rings is 5. The standard InChI is InChI=1S/C36H26N2O3/c39-35-33-31-27-15-3-4-16-28(27)32(30-18-6-5-17-29(30)31)34(33)36(40)38(35)37-20-22-9-7-13-25(19-22)41-21-24-12-8-11-23-10-1-2-14-26(23)24/h1-20,31-34H,21H2/b37-20-/t31?,32?,33-,34-/m0/s1. The van der Waals surface area contributed by atoms with Crippen molar-refractivity contribution in [3.8, 4) is 5.75 Å². The van der Waals surface area contributed by atoms with E-state index in [-0.39, 0.29) is 23.7 Å². The Morgan fingerprint density at radius 2 is 1.22 bits per heavy atom. The molecule has 3 aliphatic carbocycles. The van der Waals surface area contributed by atoms with Crippen LogP contribution in [0.2, 0.25) is 0 Å². The summed E-state index contributed by atoms with van der Waals surface area (Å²) in [6.45, 7) is 0.429. The lowest BCUT2D eigenvalue weighted by atomic mass is 9.55. The Morgan fingerprint density at radius 1 is 0.659 bits per heavy atom. The third kappa shape index (κ3) is 3.66. The molecule has 5 nitrogen and oxygen atoms in total. The number of hydrogen-bond acceptors (Lipinski definition) is 4. The van der Waals surface area contributed by atoms with E-state index >= 15 is 0 Å². The van der Waals surface area contributed by atoms with E-state index in [1.54, 1.807) is 6.21 Å². The number of nitrogens with zero attached hydrogens (tertiary/aromatic N) is 2. The molecular weight excluding hydrogens is 508 g/mol. The molecule has 2 atom stereocenters. The van der Waals surface area contributed by atoms with Gasteiger partial charge in [0.2, 0.25) is 0 Å². The summed E-state index contributed by atoms with van der Waals surface area (Å²) in [5, 5.41) is 7.90. The van der Waals surface area contributed by atoms with Gasteiger partial charge in [0.25, 0.3) is 11.8 Å². The van der Waals surface area contributed by atoms with Crippen molar-refractivity contribution in [2.75, 3.05) is 0 Å². The maximum atomic E-state index is 13.8. The Morgan fingerprint density at radius 3 is 1.88 bits per heavy atom. The summed E-state index contributed by atoms with van der Waals surface area (Å²) in [6, 6.07) is 38.5. The van der Waals surface area contributed by atoms with Crippen LogP contribution < -0.4 is 4.74 Å². The van der Waals surface area contributed by atoms with Crippen molar-refractivity contribution >= 4 is 28.8 Å². The number of hydrazone groups is 1. The molecule has 1 saturated heterocycles. The summed E-state index contributed by atoms with van der Waals surface area (Å²) in [5.41, 5.74) is 6.47. The average molecular weight is 535 g/mol. The molecule has 4 aliphatic rings. The topological polar surface area (TPSA) is 59.0 Å². The number of carbonyl (C=O) groups is 2. The van der Waals surface area contributed by atoms with Gasteiger partial charge in [-0.15, -0.1) is 0 Å². The molecule has 1 heterocycles. The average Bonchev–Trinajstić information content (AvgIpc) is 3.28. The zero-order valence-corrected chi connectivity index (χ0v) is 22.2. The van der Waals surface area contributed by atoms with Crippen molar-refractivity contribution in [1.29, 1.82) is 0 Å². The largest absolute Gasteiger partial charge is 0.489 e. The van der Waals surface area contributed by atoms with E-state index in [0.29, 0.717) is 12.4 Å². The van der Waals surface area contributed by atoms with Crippen molar-refractivity contribution in [3.63, 3.8) is 0 Å². The predicted octanol–water partition coefficient (Wildman–Crippen LogP) is 6.64. The van der Waals surface area contributed by atoms with E-state index in [9.17, 15) is 9.59 Å². The molecule has 1 aliphatic heterocycles. The third-order valence-corrected chi connectivity index (χ3v) is 8.88. The Labute approximate surface area is 237 Å². The summed E-state index contributed by atoms with van der Waals surface area (Å²) in [7, 11) is 0. The first-order valence-corrected chi connectivity index (χ1v) is 14.0. The third-order valence-electron chi connectivity index (χ3n) is 8.88. The number of carbonyl (C=O) groups excluding carboxylic acids is 2. The first-order valence-electron chi connectivity index (χ1n) is 14.0. The van der Waals surface area contributed by atoms with Crippen molar-refractivity contribution < 1.29 is 14.3 Å². The van der Waals surface area contributed by atoms with Crippen molar-refractivity contribution in [2.45, 2.75) is 18.4 Å². The highest BCUT2D eigenvalue weighted by Crippen LogP contribution is 2.60. The minimum absolute atomic E-state index is 0.139. The molecular formula is C36H26N2O3. The first kappa shape index (κ1) is 23.8. The minimum atomic E-state index is -0.440. The molecule has 5 heteroatoms.